The Morgan fingerprint density at radius 1 is 0.958 bits per heavy atom. The monoisotopic (exact) mass is 336 g/mol. The largest absolute Gasteiger partial charge is 0.322 e. The third kappa shape index (κ3) is 3.39. The number of carbonyl (C=O) groups excluding carboxylic acids is 1. The summed E-state index contributed by atoms with van der Waals surface area (Å²) >= 11 is 1.69. The van der Waals surface area contributed by atoms with Crippen LogP contribution in [-0.4, -0.2) is 10.9 Å². The van der Waals surface area contributed by atoms with Gasteiger partial charge in [-0.05, 0) is 63.1 Å². The highest BCUT2D eigenvalue weighted by molar-refractivity contribution is 7.11. The van der Waals surface area contributed by atoms with E-state index in [1.807, 2.05) is 56.3 Å². The Morgan fingerprint density at radius 3 is 2.25 bits per heavy atom. The van der Waals surface area contributed by atoms with Crippen molar-refractivity contribution in [2.75, 3.05) is 5.32 Å². The minimum Gasteiger partial charge on any atom is -0.322 e. The summed E-state index contributed by atoms with van der Waals surface area (Å²) in [6.45, 7) is 8.17. The van der Waals surface area contributed by atoms with Crippen LogP contribution in [0.3, 0.4) is 0 Å². The molecule has 0 saturated heterocycles. The maximum atomic E-state index is 12.4. The van der Waals surface area contributed by atoms with Crippen LogP contribution in [-0.2, 0) is 0 Å². The second-order valence-corrected chi connectivity index (χ2v) is 7.38. The quantitative estimate of drug-likeness (QED) is 0.705. The van der Waals surface area contributed by atoms with Gasteiger partial charge in [-0.15, -0.1) is 11.3 Å². The van der Waals surface area contributed by atoms with Gasteiger partial charge in [-0.2, -0.15) is 0 Å². The van der Waals surface area contributed by atoms with Gasteiger partial charge in [0.2, 0.25) is 0 Å². The molecule has 24 heavy (non-hydrogen) atoms. The van der Waals surface area contributed by atoms with Crippen molar-refractivity contribution in [2.45, 2.75) is 27.7 Å². The maximum absolute atomic E-state index is 12.4. The molecule has 0 aliphatic rings. The summed E-state index contributed by atoms with van der Waals surface area (Å²) in [4.78, 5) is 18.2. The lowest BCUT2D eigenvalue weighted by atomic mass is 10.1. The molecule has 0 bridgehead atoms. The van der Waals surface area contributed by atoms with Gasteiger partial charge >= 0.3 is 0 Å². The molecule has 3 rings (SSSR count). The molecule has 1 N–H and O–H groups in total. The van der Waals surface area contributed by atoms with Crippen molar-refractivity contribution in [2.24, 2.45) is 0 Å². The summed E-state index contributed by atoms with van der Waals surface area (Å²) in [6.07, 6.45) is 0. The third-order valence-corrected chi connectivity index (χ3v) is 4.98. The Labute approximate surface area is 146 Å². The van der Waals surface area contributed by atoms with Crippen molar-refractivity contribution >= 4 is 22.9 Å². The van der Waals surface area contributed by atoms with E-state index >= 15 is 0 Å². The van der Waals surface area contributed by atoms with Crippen molar-refractivity contribution in [3.63, 3.8) is 0 Å². The average Bonchev–Trinajstić information content (AvgIpc) is 2.89. The molecule has 0 unspecified atom stereocenters. The lowest BCUT2D eigenvalue weighted by molar-refractivity contribution is 0.102. The first-order chi connectivity index (χ1) is 11.4. The molecule has 0 fully saturated rings. The number of amides is 1. The summed E-state index contributed by atoms with van der Waals surface area (Å²) in [5.41, 5.74) is 5.88. The Kier molecular flexibility index (Phi) is 4.49. The second-order valence-electron chi connectivity index (χ2n) is 5.97. The number of carbonyl (C=O) groups is 1. The molecule has 122 valence electrons. The fraction of sp³-hybridized carbons (Fsp3) is 0.200. The first-order valence-electron chi connectivity index (χ1n) is 7.87. The van der Waals surface area contributed by atoms with Gasteiger partial charge in [0.25, 0.3) is 5.91 Å². The number of hydrogen-bond acceptors (Lipinski definition) is 3. The van der Waals surface area contributed by atoms with Crippen LogP contribution in [0.15, 0.2) is 42.5 Å². The van der Waals surface area contributed by atoms with Crippen molar-refractivity contribution in [1.82, 2.24) is 4.98 Å². The summed E-state index contributed by atoms with van der Waals surface area (Å²) in [5, 5.41) is 4.00. The van der Waals surface area contributed by atoms with Crippen molar-refractivity contribution in [3.05, 3.63) is 69.0 Å². The van der Waals surface area contributed by atoms with Crippen LogP contribution in [0.4, 0.5) is 5.69 Å². The topological polar surface area (TPSA) is 42.0 Å². The van der Waals surface area contributed by atoms with Crippen molar-refractivity contribution in [1.29, 1.82) is 0 Å². The van der Waals surface area contributed by atoms with E-state index in [-0.39, 0.29) is 5.91 Å². The number of benzene rings is 2. The van der Waals surface area contributed by atoms with Gasteiger partial charge in [0, 0.05) is 21.7 Å². The average molecular weight is 336 g/mol. The predicted molar refractivity (Wildman–Crippen MR) is 101 cm³/mol. The first kappa shape index (κ1) is 16.4. The van der Waals surface area contributed by atoms with Crippen molar-refractivity contribution in [3.8, 4) is 11.3 Å². The van der Waals surface area contributed by atoms with E-state index in [1.54, 1.807) is 11.3 Å². The number of aromatic nitrogens is 1. The Morgan fingerprint density at radius 2 is 1.67 bits per heavy atom. The van der Waals surface area contributed by atoms with E-state index in [0.29, 0.717) is 5.56 Å². The minimum atomic E-state index is -0.101. The maximum Gasteiger partial charge on any atom is 0.255 e. The molecule has 0 atom stereocenters. The zero-order valence-electron chi connectivity index (χ0n) is 14.3. The third-order valence-electron chi connectivity index (χ3n) is 4.09. The van der Waals surface area contributed by atoms with Gasteiger partial charge in [0.05, 0.1) is 10.7 Å². The summed E-state index contributed by atoms with van der Waals surface area (Å²) < 4.78 is 0. The number of rotatable bonds is 3. The second kappa shape index (κ2) is 6.57. The highest BCUT2D eigenvalue weighted by atomic mass is 32.1. The highest BCUT2D eigenvalue weighted by Gasteiger charge is 2.10. The Balaban J connectivity index is 1.78. The fourth-order valence-electron chi connectivity index (χ4n) is 2.60. The summed E-state index contributed by atoms with van der Waals surface area (Å²) in [6, 6.07) is 13.5. The lowest BCUT2D eigenvalue weighted by Crippen LogP contribution is -2.11. The number of nitrogens with one attached hydrogen (secondary N) is 1. The molecule has 4 heteroatoms. The van der Waals surface area contributed by atoms with E-state index in [2.05, 4.69) is 24.1 Å². The smallest absolute Gasteiger partial charge is 0.255 e. The van der Waals surface area contributed by atoms with Gasteiger partial charge in [-0.1, -0.05) is 18.2 Å². The van der Waals surface area contributed by atoms with Crippen LogP contribution >= 0.6 is 11.3 Å². The van der Waals surface area contributed by atoms with Crippen LogP contribution < -0.4 is 5.32 Å². The molecule has 1 aromatic heterocycles. The lowest BCUT2D eigenvalue weighted by Gasteiger charge is -2.08. The molecule has 0 radical (unpaired) electrons. The molecule has 0 spiro atoms. The van der Waals surface area contributed by atoms with E-state index in [0.717, 1.165) is 27.5 Å². The minimum absolute atomic E-state index is 0.101. The SMILES string of the molecule is Cc1nc(-c2ccc(C(=O)Nc3ccc(C)c(C)c3)cc2)c(C)s1. The van der Waals surface area contributed by atoms with Crippen LogP contribution in [0.1, 0.15) is 31.4 Å². The van der Waals surface area contributed by atoms with Crippen LogP contribution in [0.5, 0.6) is 0 Å². The standard InChI is InChI=1S/C20H20N2OS/c1-12-5-10-18(11-13(12)2)22-20(23)17-8-6-16(7-9-17)19-14(3)24-15(4)21-19/h5-11H,1-4H3,(H,22,23). The van der Waals surface area contributed by atoms with Crippen LogP contribution in [0, 0.1) is 27.7 Å². The number of nitrogens with zero attached hydrogens (tertiary/aromatic N) is 1. The van der Waals surface area contributed by atoms with Gasteiger partial charge in [0.1, 0.15) is 0 Å². The number of hydrogen-bond donors (Lipinski definition) is 1. The first-order valence-corrected chi connectivity index (χ1v) is 8.69. The Hall–Kier alpha value is -2.46. The molecule has 0 aliphatic carbocycles. The Bertz CT molecular complexity index is 895. The van der Waals surface area contributed by atoms with E-state index in [9.17, 15) is 4.79 Å². The molecule has 1 amide bonds. The summed E-state index contributed by atoms with van der Waals surface area (Å²) in [5.74, 6) is -0.101. The molecule has 0 saturated carbocycles. The van der Waals surface area contributed by atoms with E-state index in [1.165, 1.54) is 10.4 Å². The molecule has 1 heterocycles. The molecular formula is C20H20N2OS. The van der Waals surface area contributed by atoms with Gasteiger partial charge < -0.3 is 5.32 Å². The summed E-state index contributed by atoms with van der Waals surface area (Å²) in [7, 11) is 0. The van der Waals surface area contributed by atoms with Crippen LogP contribution in [0.25, 0.3) is 11.3 Å². The zero-order valence-corrected chi connectivity index (χ0v) is 15.1. The molecule has 0 aliphatic heterocycles. The molecule has 3 aromatic rings. The van der Waals surface area contributed by atoms with Crippen molar-refractivity contribution < 1.29 is 4.79 Å². The van der Waals surface area contributed by atoms with Gasteiger partial charge in [0.15, 0.2) is 0 Å². The van der Waals surface area contributed by atoms with E-state index < -0.39 is 0 Å². The molecule has 3 nitrogen and oxygen atoms in total. The number of aryl methyl sites for hydroxylation is 4. The molecule has 2 aromatic carbocycles. The van der Waals surface area contributed by atoms with E-state index in [4.69, 9.17) is 0 Å². The normalized spacial score (nSPS) is 10.7. The van der Waals surface area contributed by atoms with Gasteiger partial charge in [-0.25, -0.2) is 4.98 Å². The fourth-order valence-corrected chi connectivity index (χ4v) is 3.44. The van der Waals surface area contributed by atoms with Crippen LogP contribution in [0.2, 0.25) is 0 Å². The van der Waals surface area contributed by atoms with Gasteiger partial charge in [-0.3, -0.25) is 4.79 Å². The number of thiazole rings is 1. The highest BCUT2D eigenvalue weighted by Crippen LogP contribution is 2.27. The number of anilines is 1. The predicted octanol–water partition coefficient (Wildman–Crippen LogP) is 5.30. The zero-order chi connectivity index (χ0) is 17.3. The molecular weight excluding hydrogens is 316 g/mol.